The van der Waals surface area contributed by atoms with Crippen molar-refractivity contribution in [2.24, 2.45) is 5.10 Å². The van der Waals surface area contributed by atoms with Gasteiger partial charge < -0.3 is 14.2 Å². The lowest BCUT2D eigenvalue weighted by Gasteiger charge is -2.19. The first-order chi connectivity index (χ1) is 16.3. The maximum Gasteiger partial charge on any atom is 0.311 e. The number of ether oxygens (including phenoxy) is 3. The molecule has 7 nitrogen and oxygen atoms in total. The van der Waals surface area contributed by atoms with Gasteiger partial charge in [0.2, 0.25) is 5.13 Å². The third-order valence-electron chi connectivity index (χ3n) is 4.98. The summed E-state index contributed by atoms with van der Waals surface area (Å²) in [4.78, 5) is 15.9. The highest BCUT2D eigenvalue weighted by Crippen LogP contribution is 2.26. The fraction of sp³-hybridized carbons (Fsp3) is 0.346. The Morgan fingerprint density at radius 2 is 1.94 bits per heavy atom. The van der Waals surface area contributed by atoms with Crippen molar-refractivity contribution in [3.63, 3.8) is 0 Å². The lowest BCUT2D eigenvalue weighted by Crippen LogP contribution is -2.10. The second-order valence-corrected chi connectivity index (χ2v) is 9.49. The van der Waals surface area contributed by atoms with E-state index < -0.39 is 0 Å². The van der Waals surface area contributed by atoms with Gasteiger partial charge in [-0.15, -0.1) is 11.3 Å². The van der Waals surface area contributed by atoms with Gasteiger partial charge in [-0.3, -0.25) is 10.2 Å². The molecule has 0 spiro atoms. The molecule has 1 aromatic heterocycles. The highest BCUT2D eigenvalue weighted by atomic mass is 32.1. The minimum atomic E-state index is -0.291. The number of methoxy groups -OCH3 is 1. The molecule has 0 amide bonds. The van der Waals surface area contributed by atoms with E-state index in [2.05, 4.69) is 48.4 Å². The van der Waals surface area contributed by atoms with Crippen LogP contribution in [-0.4, -0.2) is 30.9 Å². The van der Waals surface area contributed by atoms with Crippen LogP contribution in [0.4, 0.5) is 5.13 Å². The number of hydrogen-bond acceptors (Lipinski definition) is 8. The number of carbonyl (C=O) groups excluding carboxylic acids is 1. The quantitative estimate of drug-likeness (QED) is 0.231. The molecule has 0 fully saturated rings. The van der Waals surface area contributed by atoms with Gasteiger partial charge in [-0.25, -0.2) is 4.98 Å². The van der Waals surface area contributed by atoms with Gasteiger partial charge in [0.1, 0.15) is 18.1 Å². The van der Waals surface area contributed by atoms with E-state index in [-0.39, 0.29) is 17.8 Å². The fourth-order valence-corrected chi connectivity index (χ4v) is 3.82. The average Bonchev–Trinajstić information content (AvgIpc) is 3.24. The molecule has 0 bridgehead atoms. The number of nitrogens with zero attached hydrogens (tertiary/aromatic N) is 2. The van der Waals surface area contributed by atoms with Crippen molar-refractivity contribution in [2.75, 3.05) is 19.1 Å². The highest BCUT2D eigenvalue weighted by molar-refractivity contribution is 7.13. The number of hydrogen-bond donors (Lipinski definition) is 1. The maximum atomic E-state index is 11.6. The molecule has 34 heavy (non-hydrogen) atoms. The lowest BCUT2D eigenvalue weighted by atomic mass is 9.87. The standard InChI is InChI=1S/C26H31N3O4S/c1-6-32-24(30)14-21-17-34-25(28-21)29-27-15-18-7-12-23(31-5)19(13-18)16-33-22-10-8-20(9-11-22)26(2,3)4/h7-13,15,17H,6,14,16H2,1-5H3,(H,28,29). The van der Waals surface area contributed by atoms with Gasteiger partial charge in [-0.2, -0.15) is 5.10 Å². The van der Waals surface area contributed by atoms with Crippen molar-refractivity contribution in [3.05, 3.63) is 70.2 Å². The second kappa shape index (κ2) is 11.7. The number of rotatable bonds is 10. The molecule has 8 heteroatoms. The predicted molar refractivity (Wildman–Crippen MR) is 136 cm³/mol. The largest absolute Gasteiger partial charge is 0.496 e. The first kappa shape index (κ1) is 25.2. The van der Waals surface area contributed by atoms with Crippen molar-refractivity contribution in [1.82, 2.24) is 4.98 Å². The minimum Gasteiger partial charge on any atom is -0.496 e. The number of benzene rings is 2. The Hall–Kier alpha value is -3.39. The number of hydrazone groups is 1. The van der Waals surface area contributed by atoms with Crippen LogP contribution < -0.4 is 14.9 Å². The molecule has 1 N–H and O–H groups in total. The summed E-state index contributed by atoms with van der Waals surface area (Å²) in [7, 11) is 1.64. The molecule has 0 saturated heterocycles. The van der Waals surface area contributed by atoms with Gasteiger partial charge in [-0.1, -0.05) is 32.9 Å². The van der Waals surface area contributed by atoms with Gasteiger partial charge in [0, 0.05) is 10.9 Å². The molecular formula is C26H31N3O4S. The predicted octanol–water partition coefficient (Wildman–Crippen LogP) is 5.58. The molecule has 2 aromatic carbocycles. The van der Waals surface area contributed by atoms with E-state index in [0.717, 1.165) is 22.6 Å². The molecule has 0 aliphatic carbocycles. The summed E-state index contributed by atoms with van der Waals surface area (Å²) in [6.45, 7) is 9.07. The van der Waals surface area contributed by atoms with Crippen LogP contribution in [0.1, 0.15) is 50.1 Å². The van der Waals surface area contributed by atoms with Crippen LogP contribution in [0.5, 0.6) is 11.5 Å². The van der Waals surface area contributed by atoms with Crippen molar-refractivity contribution < 1.29 is 19.0 Å². The minimum absolute atomic E-state index is 0.102. The monoisotopic (exact) mass is 481 g/mol. The molecule has 3 rings (SSSR count). The van der Waals surface area contributed by atoms with Crippen molar-refractivity contribution >= 4 is 28.7 Å². The van der Waals surface area contributed by atoms with Crippen LogP contribution in [0.15, 0.2) is 52.9 Å². The van der Waals surface area contributed by atoms with Crippen LogP contribution in [-0.2, 0) is 28.0 Å². The van der Waals surface area contributed by atoms with Crippen LogP contribution in [0, 0.1) is 0 Å². The van der Waals surface area contributed by atoms with E-state index in [1.54, 1.807) is 20.2 Å². The zero-order chi connectivity index (χ0) is 24.6. The molecule has 0 saturated carbocycles. The molecule has 0 aliphatic rings. The SMILES string of the molecule is CCOC(=O)Cc1csc(NN=Cc2ccc(OC)c(COc3ccc(C(C)(C)C)cc3)c2)n1. The molecule has 0 atom stereocenters. The first-order valence-electron chi connectivity index (χ1n) is 11.1. The van der Waals surface area contributed by atoms with Gasteiger partial charge in [0.15, 0.2) is 0 Å². The molecule has 0 unspecified atom stereocenters. The van der Waals surface area contributed by atoms with E-state index in [4.69, 9.17) is 14.2 Å². The topological polar surface area (TPSA) is 82.0 Å². The molecular weight excluding hydrogens is 450 g/mol. The van der Waals surface area contributed by atoms with E-state index in [1.165, 1.54) is 16.9 Å². The molecule has 1 heterocycles. The van der Waals surface area contributed by atoms with Crippen LogP contribution >= 0.6 is 11.3 Å². The Morgan fingerprint density at radius 3 is 2.62 bits per heavy atom. The number of carbonyl (C=O) groups is 1. The number of thiazole rings is 1. The number of esters is 1. The first-order valence-corrected chi connectivity index (χ1v) is 12.0. The Labute approximate surface area is 204 Å². The maximum absolute atomic E-state index is 11.6. The van der Waals surface area contributed by atoms with Gasteiger partial charge in [0.05, 0.1) is 32.0 Å². The van der Waals surface area contributed by atoms with E-state index in [0.29, 0.717) is 24.0 Å². The summed E-state index contributed by atoms with van der Waals surface area (Å²) in [5.74, 6) is 1.26. The smallest absolute Gasteiger partial charge is 0.311 e. The van der Waals surface area contributed by atoms with E-state index in [9.17, 15) is 4.79 Å². The molecule has 180 valence electrons. The third kappa shape index (κ3) is 7.31. The average molecular weight is 482 g/mol. The van der Waals surface area contributed by atoms with Crippen molar-refractivity contribution in [2.45, 2.75) is 46.1 Å². The fourth-order valence-electron chi connectivity index (χ4n) is 3.17. The number of nitrogens with one attached hydrogen (secondary N) is 1. The van der Waals surface area contributed by atoms with E-state index in [1.807, 2.05) is 35.7 Å². The molecule has 0 aliphatic heterocycles. The Balaban J connectivity index is 1.61. The van der Waals surface area contributed by atoms with Gasteiger partial charge in [0.25, 0.3) is 0 Å². The Morgan fingerprint density at radius 1 is 1.18 bits per heavy atom. The highest BCUT2D eigenvalue weighted by Gasteiger charge is 2.13. The summed E-state index contributed by atoms with van der Waals surface area (Å²) < 4.78 is 16.4. The summed E-state index contributed by atoms with van der Waals surface area (Å²) in [5, 5.41) is 6.68. The zero-order valence-electron chi connectivity index (χ0n) is 20.3. The normalized spacial score (nSPS) is 11.4. The number of aromatic nitrogens is 1. The van der Waals surface area contributed by atoms with Gasteiger partial charge in [-0.05, 0) is 53.8 Å². The summed E-state index contributed by atoms with van der Waals surface area (Å²) >= 11 is 1.38. The van der Waals surface area contributed by atoms with Crippen molar-refractivity contribution in [3.8, 4) is 11.5 Å². The van der Waals surface area contributed by atoms with Crippen molar-refractivity contribution in [1.29, 1.82) is 0 Å². The Kier molecular flexibility index (Phi) is 8.65. The molecule has 3 aromatic rings. The summed E-state index contributed by atoms with van der Waals surface area (Å²) in [6, 6.07) is 14.0. The van der Waals surface area contributed by atoms with Crippen LogP contribution in [0.3, 0.4) is 0 Å². The summed E-state index contributed by atoms with van der Waals surface area (Å²) in [6.07, 6.45) is 1.85. The van der Waals surface area contributed by atoms with Crippen LogP contribution in [0.25, 0.3) is 0 Å². The van der Waals surface area contributed by atoms with Gasteiger partial charge >= 0.3 is 5.97 Å². The Bertz CT molecular complexity index is 1120. The lowest BCUT2D eigenvalue weighted by molar-refractivity contribution is -0.142. The van der Waals surface area contributed by atoms with Crippen LogP contribution in [0.2, 0.25) is 0 Å². The third-order valence-corrected chi connectivity index (χ3v) is 5.77. The van der Waals surface area contributed by atoms with E-state index >= 15 is 0 Å². The number of anilines is 1. The summed E-state index contributed by atoms with van der Waals surface area (Å²) in [5.41, 5.74) is 6.72. The zero-order valence-corrected chi connectivity index (χ0v) is 21.1. The molecule has 0 radical (unpaired) electrons. The second-order valence-electron chi connectivity index (χ2n) is 8.63.